The predicted octanol–water partition coefficient (Wildman–Crippen LogP) is 3.21. The van der Waals surface area contributed by atoms with E-state index in [0.29, 0.717) is 5.56 Å². The molecule has 0 N–H and O–H groups in total. The molecule has 3 rings (SSSR count). The van der Waals surface area contributed by atoms with Crippen molar-refractivity contribution in [3.05, 3.63) is 48.0 Å². The number of rotatable bonds is 2. The molecular formula is C18H19NO3. The van der Waals surface area contributed by atoms with Crippen LogP contribution in [-0.2, 0) is 9.53 Å². The number of nitrogens with zero attached hydrogens (tertiary/aromatic N) is 1. The standard InChI is InChI=1S/C18H19NO3/c1-12(2)18(3)17(21)22-11-19(18)16(20)15-10-6-8-13-7-4-5-9-14(13)15/h4-10,12H,11H2,1-3H3/t18-/m0/s1. The molecule has 2 aromatic rings. The summed E-state index contributed by atoms with van der Waals surface area (Å²) in [6.07, 6.45) is 0. The van der Waals surface area contributed by atoms with E-state index in [1.807, 2.05) is 50.2 Å². The minimum Gasteiger partial charge on any atom is -0.442 e. The van der Waals surface area contributed by atoms with Gasteiger partial charge in [0.25, 0.3) is 5.91 Å². The summed E-state index contributed by atoms with van der Waals surface area (Å²) in [6, 6.07) is 13.4. The van der Waals surface area contributed by atoms with Crippen LogP contribution in [0.15, 0.2) is 42.5 Å². The van der Waals surface area contributed by atoms with Crippen molar-refractivity contribution in [2.24, 2.45) is 5.92 Å². The Balaban J connectivity index is 2.08. The van der Waals surface area contributed by atoms with Crippen LogP contribution < -0.4 is 0 Å². The summed E-state index contributed by atoms with van der Waals surface area (Å²) in [6.45, 7) is 5.64. The van der Waals surface area contributed by atoms with Crippen LogP contribution in [0.3, 0.4) is 0 Å². The van der Waals surface area contributed by atoms with Crippen molar-refractivity contribution in [1.82, 2.24) is 4.90 Å². The molecule has 22 heavy (non-hydrogen) atoms. The molecule has 4 heteroatoms. The molecule has 0 unspecified atom stereocenters. The van der Waals surface area contributed by atoms with E-state index in [4.69, 9.17) is 4.74 Å². The third-order valence-electron chi connectivity index (χ3n) is 4.69. The van der Waals surface area contributed by atoms with Gasteiger partial charge in [0.2, 0.25) is 0 Å². The Labute approximate surface area is 129 Å². The Morgan fingerprint density at radius 2 is 1.86 bits per heavy atom. The number of hydrogen-bond acceptors (Lipinski definition) is 3. The maximum Gasteiger partial charge on any atom is 0.333 e. The molecule has 0 saturated carbocycles. The van der Waals surface area contributed by atoms with Gasteiger partial charge in [0.15, 0.2) is 6.73 Å². The molecular weight excluding hydrogens is 278 g/mol. The molecule has 1 saturated heterocycles. The number of cyclic esters (lactones) is 1. The smallest absolute Gasteiger partial charge is 0.333 e. The van der Waals surface area contributed by atoms with Crippen LogP contribution in [0.5, 0.6) is 0 Å². The van der Waals surface area contributed by atoms with E-state index in [0.717, 1.165) is 10.8 Å². The van der Waals surface area contributed by atoms with Crippen LogP contribution in [0.4, 0.5) is 0 Å². The van der Waals surface area contributed by atoms with Gasteiger partial charge >= 0.3 is 5.97 Å². The highest BCUT2D eigenvalue weighted by molar-refractivity contribution is 6.08. The molecule has 1 fully saturated rings. The van der Waals surface area contributed by atoms with Crippen molar-refractivity contribution in [1.29, 1.82) is 0 Å². The number of benzene rings is 2. The van der Waals surface area contributed by atoms with Gasteiger partial charge < -0.3 is 4.74 Å². The van der Waals surface area contributed by atoms with Gasteiger partial charge in [-0.2, -0.15) is 0 Å². The van der Waals surface area contributed by atoms with Gasteiger partial charge in [-0.15, -0.1) is 0 Å². The first-order chi connectivity index (χ1) is 10.5. The van der Waals surface area contributed by atoms with Gasteiger partial charge in [0, 0.05) is 5.56 Å². The largest absolute Gasteiger partial charge is 0.442 e. The summed E-state index contributed by atoms with van der Waals surface area (Å²) in [4.78, 5) is 26.7. The lowest BCUT2D eigenvalue weighted by Gasteiger charge is -2.33. The van der Waals surface area contributed by atoms with Crippen molar-refractivity contribution < 1.29 is 14.3 Å². The van der Waals surface area contributed by atoms with Crippen LogP contribution in [0, 0.1) is 5.92 Å². The topological polar surface area (TPSA) is 46.6 Å². The SMILES string of the molecule is CC(C)[C@@]1(C)C(=O)OCN1C(=O)c1cccc2ccccc12. The molecule has 0 radical (unpaired) electrons. The minimum absolute atomic E-state index is 0.00949. The van der Waals surface area contributed by atoms with Crippen molar-refractivity contribution in [2.45, 2.75) is 26.3 Å². The van der Waals surface area contributed by atoms with Crippen LogP contribution >= 0.6 is 0 Å². The van der Waals surface area contributed by atoms with Crippen LogP contribution in [0.1, 0.15) is 31.1 Å². The Hall–Kier alpha value is -2.36. The van der Waals surface area contributed by atoms with Crippen molar-refractivity contribution >= 4 is 22.6 Å². The van der Waals surface area contributed by atoms with E-state index >= 15 is 0 Å². The minimum atomic E-state index is -0.923. The first-order valence-corrected chi connectivity index (χ1v) is 7.43. The average Bonchev–Trinajstić information content (AvgIpc) is 2.83. The molecule has 1 aliphatic rings. The van der Waals surface area contributed by atoms with Gasteiger partial charge in [-0.05, 0) is 29.7 Å². The molecule has 114 valence electrons. The van der Waals surface area contributed by atoms with E-state index in [1.165, 1.54) is 0 Å². The number of amides is 1. The zero-order valence-electron chi connectivity index (χ0n) is 13.0. The Morgan fingerprint density at radius 3 is 2.59 bits per heavy atom. The van der Waals surface area contributed by atoms with Crippen molar-refractivity contribution in [3.8, 4) is 0 Å². The molecule has 0 bridgehead atoms. The van der Waals surface area contributed by atoms with E-state index < -0.39 is 5.54 Å². The molecule has 1 atom stereocenters. The number of carbonyl (C=O) groups is 2. The Morgan fingerprint density at radius 1 is 1.18 bits per heavy atom. The molecule has 2 aromatic carbocycles. The summed E-state index contributed by atoms with van der Waals surface area (Å²) < 4.78 is 5.16. The summed E-state index contributed by atoms with van der Waals surface area (Å²) in [5.41, 5.74) is -0.322. The highest BCUT2D eigenvalue weighted by Crippen LogP contribution is 2.33. The first kappa shape index (κ1) is 14.6. The van der Waals surface area contributed by atoms with Gasteiger partial charge in [0.05, 0.1) is 0 Å². The third-order valence-corrected chi connectivity index (χ3v) is 4.69. The summed E-state index contributed by atoms with van der Waals surface area (Å²) in [5.74, 6) is -0.531. The third kappa shape index (κ3) is 1.98. The zero-order chi connectivity index (χ0) is 15.9. The maximum absolute atomic E-state index is 13.0. The Bertz CT molecular complexity index is 748. The fourth-order valence-electron chi connectivity index (χ4n) is 2.89. The predicted molar refractivity (Wildman–Crippen MR) is 84.3 cm³/mol. The highest BCUT2D eigenvalue weighted by atomic mass is 16.6. The van der Waals surface area contributed by atoms with E-state index in [1.54, 1.807) is 17.9 Å². The highest BCUT2D eigenvalue weighted by Gasteiger charge is 2.51. The molecule has 4 nitrogen and oxygen atoms in total. The van der Waals surface area contributed by atoms with Crippen LogP contribution in [0.25, 0.3) is 10.8 Å². The molecule has 0 aromatic heterocycles. The first-order valence-electron chi connectivity index (χ1n) is 7.43. The quantitative estimate of drug-likeness (QED) is 0.800. The summed E-state index contributed by atoms with van der Waals surface area (Å²) in [7, 11) is 0. The lowest BCUT2D eigenvalue weighted by molar-refractivity contribution is -0.143. The maximum atomic E-state index is 13.0. The normalized spacial score (nSPS) is 21.5. The molecule has 0 spiro atoms. The fraction of sp³-hybridized carbons (Fsp3) is 0.333. The Kier molecular flexibility index (Phi) is 3.39. The molecule has 1 aliphatic heterocycles. The van der Waals surface area contributed by atoms with E-state index in [2.05, 4.69) is 0 Å². The average molecular weight is 297 g/mol. The second-order valence-electron chi connectivity index (χ2n) is 6.12. The molecule has 1 amide bonds. The van der Waals surface area contributed by atoms with Crippen molar-refractivity contribution in [3.63, 3.8) is 0 Å². The monoisotopic (exact) mass is 297 g/mol. The summed E-state index contributed by atoms with van der Waals surface area (Å²) in [5, 5.41) is 1.89. The number of hydrogen-bond donors (Lipinski definition) is 0. The van der Waals surface area contributed by atoms with E-state index in [9.17, 15) is 9.59 Å². The number of esters is 1. The molecule has 1 heterocycles. The van der Waals surface area contributed by atoms with Crippen molar-refractivity contribution in [2.75, 3.05) is 6.73 Å². The second kappa shape index (κ2) is 5.13. The summed E-state index contributed by atoms with van der Waals surface area (Å²) >= 11 is 0. The van der Waals surface area contributed by atoms with Gasteiger partial charge in [-0.3, -0.25) is 9.69 Å². The lowest BCUT2D eigenvalue weighted by atomic mass is 9.87. The number of ether oxygens (including phenoxy) is 1. The number of fused-ring (bicyclic) bond motifs is 1. The van der Waals surface area contributed by atoms with Gasteiger partial charge in [0.1, 0.15) is 5.54 Å². The number of carbonyl (C=O) groups excluding carboxylic acids is 2. The zero-order valence-corrected chi connectivity index (χ0v) is 13.0. The molecule has 0 aliphatic carbocycles. The van der Waals surface area contributed by atoms with E-state index in [-0.39, 0.29) is 24.5 Å². The van der Waals surface area contributed by atoms with Gasteiger partial charge in [-0.25, -0.2) is 4.79 Å². The van der Waals surface area contributed by atoms with Crippen LogP contribution in [-0.4, -0.2) is 29.0 Å². The second-order valence-corrected chi connectivity index (χ2v) is 6.12. The van der Waals surface area contributed by atoms with Gasteiger partial charge in [-0.1, -0.05) is 50.2 Å². The van der Waals surface area contributed by atoms with Crippen LogP contribution in [0.2, 0.25) is 0 Å². The lowest BCUT2D eigenvalue weighted by Crippen LogP contribution is -2.52. The fourth-order valence-corrected chi connectivity index (χ4v) is 2.89.